The van der Waals surface area contributed by atoms with Gasteiger partial charge in [-0.2, -0.15) is 13.2 Å². The Hall–Kier alpha value is -1.72. The predicted octanol–water partition coefficient (Wildman–Crippen LogP) is 2.68. The molecule has 0 atom stereocenters. The van der Waals surface area contributed by atoms with E-state index in [1.54, 1.807) is 7.11 Å². The van der Waals surface area contributed by atoms with Crippen molar-refractivity contribution in [2.45, 2.75) is 25.9 Å². The van der Waals surface area contributed by atoms with Gasteiger partial charge in [-0.25, -0.2) is 0 Å². The Morgan fingerprint density at radius 2 is 1.94 bits per heavy atom. The summed E-state index contributed by atoms with van der Waals surface area (Å²) in [4.78, 5) is 9.12. The van der Waals surface area contributed by atoms with Crippen LogP contribution in [0.5, 0.6) is 5.75 Å². The van der Waals surface area contributed by atoms with Crippen LogP contribution in [0.3, 0.4) is 0 Å². The first kappa shape index (κ1) is 16.3. The second-order valence-electron chi connectivity index (χ2n) is 3.46. The molecule has 0 spiro atoms. The minimum atomic E-state index is -4.86. The number of rotatable bonds is 3. The second kappa shape index (κ2) is 7.58. The molecule has 0 radical (unpaired) electrons. The number of amides is 1. The summed E-state index contributed by atoms with van der Waals surface area (Å²) in [6.45, 7) is 2.18. The second-order valence-corrected chi connectivity index (χ2v) is 3.46. The molecule has 102 valence electrons. The highest BCUT2D eigenvalue weighted by molar-refractivity contribution is 5.79. The summed E-state index contributed by atoms with van der Waals surface area (Å²) < 4.78 is 37.2. The molecule has 0 aliphatic rings. The molecule has 1 aromatic rings. The number of hydrogen-bond acceptors (Lipinski definition) is 2. The summed E-state index contributed by atoms with van der Waals surface area (Å²) in [5.74, 6) is -1.30. The van der Waals surface area contributed by atoms with Gasteiger partial charge in [0.25, 0.3) is 0 Å². The molecule has 0 aliphatic heterocycles. The number of carbonyl (C=O) groups is 1. The van der Waals surface area contributed by atoms with Crippen LogP contribution in [0.4, 0.5) is 13.2 Å². The van der Waals surface area contributed by atoms with E-state index in [0.717, 1.165) is 12.2 Å². The molecule has 0 bridgehead atoms. The monoisotopic (exact) mass is 263 g/mol. The van der Waals surface area contributed by atoms with Gasteiger partial charge in [-0.3, -0.25) is 4.79 Å². The van der Waals surface area contributed by atoms with Gasteiger partial charge in [0.2, 0.25) is 0 Å². The molecule has 1 aromatic carbocycles. The molecule has 0 saturated carbocycles. The van der Waals surface area contributed by atoms with Crippen molar-refractivity contribution >= 4 is 5.91 Å². The number of primary amides is 1. The van der Waals surface area contributed by atoms with Gasteiger partial charge in [0.1, 0.15) is 5.75 Å². The SMILES string of the molecule is CCCc1cccc(OC)c1.NC(=O)C(F)(F)F. The largest absolute Gasteiger partial charge is 0.497 e. The predicted molar refractivity (Wildman–Crippen MR) is 62.2 cm³/mol. The standard InChI is InChI=1S/C10H14O.C2H2F3NO/c1-3-5-9-6-4-7-10(8-9)11-2;3-2(4,5)1(6)7/h4,6-8H,3,5H2,1-2H3;(H2,6,7). The highest BCUT2D eigenvalue weighted by Gasteiger charge is 2.35. The van der Waals surface area contributed by atoms with Gasteiger partial charge in [-0.15, -0.1) is 0 Å². The van der Waals surface area contributed by atoms with E-state index in [4.69, 9.17) is 9.53 Å². The molecule has 0 unspecified atom stereocenters. The van der Waals surface area contributed by atoms with Crippen molar-refractivity contribution in [3.63, 3.8) is 0 Å². The first-order chi connectivity index (χ1) is 8.31. The molecule has 2 N–H and O–H groups in total. The van der Waals surface area contributed by atoms with Crippen LogP contribution in [0, 0.1) is 0 Å². The van der Waals surface area contributed by atoms with Crippen molar-refractivity contribution in [1.29, 1.82) is 0 Å². The zero-order valence-electron chi connectivity index (χ0n) is 10.3. The minimum Gasteiger partial charge on any atom is -0.497 e. The fraction of sp³-hybridized carbons (Fsp3) is 0.417. The summed E-state index contributed by atoms with van der Waals surface area (Å²) in [5, 5.41) is 0. The smallest absolute Gasteiger partial charge is 0.470 e. The number of ether oxygens (including phenoxy) is 1. The van der Waals surface area contributed by atoms with Crippen molar-refractivity contribution in [1.82, 2.24) is 0 Å². The molecule has 0 fully saturated rings. The molecule has 18 heavy (non-hydrogen) atoms. The fourth-order valence-electron chi connectivity index (χ4n) is 1.12. The maximum Gasteiger partial charge on any atom is 0.470 e. The fourth-order valence-corrected chi connectivity index (χ4v) is 1.12. The van der Waals surface area contributed by atoms with Gasteiger partial charge in [-0.1, -0.05) is 25.5 Å². The average Bonchev–Trinajstić information content (AvgIpc) is 2.29. The maximum absolute atomic E-state index is 10.7. The van der Waals surface area contributed by atoms with Crippen molar-refractivity contribution in [2.75, 3.05) is 7.11 Å². The van der Waals surface area contributed by atoms with E-state index in [0.29, 0.717) is 0 Å². The van der Waals surface area contributed by atoms with Crippen LogP contribution in [-0.2, 0) is 11.2 Å². The molecule has 0 saturated heterocycles. The number of halogens is 3. The van der Waals surface area contributed by atoms with E-state index in [1.165, 1.54) is 12.0 Å². The molecule has 6 heteroatoms. The van der Waals surface area contributed by atoms with Crippen LogP contribution < -0.4 is 10.5 Å². The number of benzene rings is 1. The third kappa shape index (κ3) is 6.78. The molecule has 0 aromatic heterocycles. The maximum atomic E-state index is 10.7. The number of hydrogen-bond donors (Lipinski definition) is 1. The third-order valence-electron chi connectivity index (χ3n) is 1.95. The Morgan fingerprint density at radius 1 is 1.39 bits per heavy atom. The highest BCUT2D eigenvalue weighted by Crippen LogP contribution is 2.13. The van der Waals surface area contributed by atoms with Gasteiger partial charge >= 0.3 is 12.1 Å². The Morgan fingerprint density at radius 3 is 2.33 bits per heavy atom. The molecule has 1 amide bonds. The Labute approximate surface area is 104 Å². The molecular weight excluding hydrogens is 247 g/mol. The number of alkyl halides is 3. The van der Waals surface area contributed by atoms with Crippen molar-refractivity contribution in [2.24, 2.45) is 5.73 Å². The molecule has 1 rings (SSSR count). The minimum absolute atomic E-state index is 0.955. The van der Waals surface area contributed by atoms with E-state index in [2.05, 4.69) is 24.8 Å². The van der Waals surface area contributed by atoms with Gasteiger partial charge < -0.3 is 10.5 Å². The van der Waals surface area contributed by atoms with Crippen LogP contribution in [0.1, 0.15) is 18.9 Å². The van der Waals surface area contributed by atoms with Crippen LogP contribution in [0.15, 0.2) is 24.3 Å². The van der Waals surface area contributed by atoms with E-state index < -0.39 is 12.1 Å². The van der Waals surface area contributed by atoms with Crippen LogP contribution in [-0.4, -0.2) is 19.2 Å². The summed E-state index contributed by atoms with van der Waals surface area (Å²) in [7, 11) is 1.70. The number of nitrogens with two attached hydrogens (primary N) is 1. The average molecular weight is 263 g/mol. The van der Waals surface area contributed by atoms with Crippen molar-refractivity contribution in [3.05, 3.63) is 29.8 Å². The Balaban J connectivity index is 0.000000360. The van der Waals surface area contributed by atoms with Crippen molar-refractivity contribution < 1.29 is 22.7 Å². The summed E-state index contributed by atoms with van der Waals surface area (Å²) >= 11 is 0. The molecule has 3 nitrogen and oxygen atoms in total. The lowest BCUT2D eigenvalue weighted by atomic mass is 10.1. The number of methoxy groups -OCH3 is 1. The Bertz CT molecular complexity index is 378. The normalized spacial score (nSPS) is 10.3. The lowest BCUT2D eigenvalue weighted by Gasteiger charge is -2.01. The van der Waals surface area contributed by atoms with E-state index >= 15 is 0 Å². The summed E-state index contributed by atoms with van der Waals surface area (Å²) in [6.07, 6.45) is -2.54. The summed E-state index contributed by atoms with van der Waals surface area (Å²) in [5.41, 5.74) is 5.16. The van der Waals surface area contributed by atoms with Gasteiger partial charge in [0.15, 0.2) is 0 Å². The van der Waals surface area contributed by atoms with Crippen LogP contribution in [0.25, 0.3) is 0 Å². The lowest BCUT2D eigenvalue weighted by Crippen LogP contribution is -2.30. The number of carbonyl (C=O) groups excluding carboxylic acids is 1. The van der Waals surface area contributed by atoms with Crippen molar-refractivity contribution in [3.8, 4) is 5.75 Å². The first-order valence-electron chi connectivity index (χ1n) is 5.30. The van der Waals surface area contributed by atoms with E-state index in [1.807, 2.05) is 12.1 Å². The van der Waals surface area contributed by atoms with Crippen LogP contribution in [0.2, 0.25) is 0 Å². The van der Waals surface area contributed by atoms with E-state index in [9.17, 15) is 13.2 Å². The summed E-state index contributed by atoms with van der Waals surface area (Å²) in [6, 6.07) is 8.22. The van der Waals surface area contributed by atoms with Crippen LogP contribution >= 0.6 is 0 Å². The Kier molecular flexibility index (Phi) is 6.85. The topological polar surface area (TPSA) is 52.3 Å². The zero-order chi connectivity index (χ0) is 14.2. The third-order valence-corrected chi connectivity index (χ3v) is 1.95. The van der Waals surface area contributed by atoms with Gasteiger partial charge in [-0.05, 0) is 24.1 Å². The quantitative estimate of drug-likeness (QED) is 0.911. The molecular formula is C12H16F3NO2. The number of aryl methyl sites for hydroxylation is 1. The molecule has 0 heterocycles. The highest BCUT2D eigenvalue weighted by atomic mass is 19.4. The van der Waals surface area contributed by atoms with Gasteiger partial charge in [0.05, 0.1) is 7.11 Å². The molecule has 0 aliphatic carbocycles. The van der Waals surface area contributed by atoms with E-state index in [-0.39, 0.29) is 0 Å². The lowest BCUT2D eigenvalue weighted by molar-refractivity contribution is -0.169. The first-order valence-corrected chi connectivity index (χ1v) is 5.30. The zero-order valence-corrected chi connectivity index (χ0v) is 10.3. The van der Waals surface area contributed by atoms with Gasteiger partial charge in [0, 0.05) is 0 Å².